The van der Waals surface area contributed by atoms with E-state index in [4.69, 9.17) is 0 Å². The second kappa shape index (κ2) is 4.99. The van der Waals surface area contributed by atoms with E-state index in [0.717, 1.165) is 35.4 Å². The number of hydrogen-bond donors (Lipinski definition) is 0. The molecule has 1 aromatic heterocycles. The summed E-state index contributed by atoms with van der Waals surface area (Å²) in [6, 6.07) is 7.99. The zero-order valence-electron chi connectivity index (χ0n) is 12.6. The lowest BCUT2D eigenvalue weighted by molar-refractivity contribution is 0.306. The molecule has 2 aromatic rings. The Labute approximate surface area is 130 Å². The maximum atomic E-state index is 12.0. The number of sulfone groups is 1. The summed E-state index contributed by atoms with van der Waals surface area (Å²) in [5.41, 5.74) is 1.93. The summed E-state index contributed by atoms with van der Waals surface area (Å²) < 4.78 is 24.0. The van der Waals surface area contributed by atoms with Gasteiger partial charge in [0.15, 0.2) is 9.84 Å². The highest BCUT2D eigenvalue weighted by atomic mass is 32.2. The molecule has 4 rings (SSSR count). The first-order chi connectivity index (χ1) is 10.5. The Morgan fingerprint density at radius 1 is 1.23 bits per heavy atom. The van der Waals surface area contributed by atoms with Crippen molar-refractivity contribution in [2.45, 2.75) is 25.1 Å². The number of aromatic nitrogens is 2. The van der Waals surface area contributed by atoms with Gasteiger partial charge in [0.2, 0.25) is 0 Å². The van der Waals surface area contributed by atoms with Gasteiger partial charge in [-0.2, -0.15) is 0 Å². The largest absolute Gasteiger partial charge is 0.294 e. The predicted molar refractivity (Wildman–Crippen MR) is 85.2 cm³/mol. The summed E-state index contributed by atoms with van der Waals surface area (Å²) in [5, 5.41) is 0.904. The van der Waals surface area contributed by atoms with Crippen LogP contribution in [0, 0.1) is 12.8 Å². The van der Waals surface area contributed by atoms with Crippen LogP contribution in [-0.4, -0.2) is 47.4 Å². The van der Waals surface area contributed by atoms with Crippen LogP contribution >= 0.6 is 0 Å². The molecule has 2 saturated heterocycles. The number of likely N-dealkylation sites (tertiary alicyclic amines) is 1. The molecule has 0 N–H and O–H groups in total. The van der Waals surface area contributed by atoms with Crippen molar-refractivity contribution in [1.82, 2.24) is 14.9 Å². The van der Waals surface area contributed by atoms with E-state index in [0.29, 0.717) is 24.8 Å². The van der Waals surface area contributed by atoms with E-state index in [2.05, 4.69) is 14.9 Å². The number of rotatable bonds is 2. The third-order valence-corrected chi connectivity index (χ3v) is 7.16. The van der Waals surface area contributed by atoms with Crippen LogP contribution in [0.4, 0.5) is 0 Å². The first-order valence-electron chi connectivity index (χ1n) is 7.69. The van der Waals surface area contributed by atoms with Gasteiger partial charge in [-0.15, -0.1) is 0 Å². The molecule has 5 nitrogen and oxygen atoms in total. The van der Waals surface area contributed by atoms with Gasteiger partial charge in [0.05, 0.1) is 23.1 Å². The topological polar surface area (TPSA) is 63.2 Å². The van der Waals surface area contributed by atoms with Crippen molar-refractivity contribution in [3.63, 3.8) is 0 Å². The van der Waals surface area contributed by atoms with E-state index >= 15 is 0 Å². The van der Waals surface area contributed by atoms with Gasteiger partial charge in [-0.05, 0) is 25.3 Å². The average molecular weight is 317 g/mol. The summed E-state index contributed by atoms with van der Waals surface area (Å²) in [7, 11) is -2.87. The number of para-hydroxylation sites is 1. The summed E-state index contributed by atoms with van der Waals surface area (Å²) in [6.45, 7) is 4.10. The molecule has 1 aromatic carbocycles. The fourth-order valence-corrected chi connectivity index (χ4v) is 5.95. The van der Waals surface area contributed by atoms with Gasteiger partial charge in [0, 0.05) is 24.2 Å². The number of benzene rings is 1. The lowest BCUT2D eigenvalue weighted by Gasteiger charge is -2.16. The van der Waals surface area contributed by atoms with Crippen molar-refractivity contribution in [2.24, 2.45) is 5.92 Å². The van der Waals surface area contributed by atoms with Crippen LogP contribution in [0.3, 0.4) is 0 Å². The lowest BCUT2D eigenvalue weighted by Crippen LogP contribution is -2.27. The fraction of sp³-hybridized carbons (Fsp3) is 0.500. The van der Waals surface area contributed by atoms with Crippen LogP contribution in [0.5, 0.6) is 0 Å². The van der Waals surface area contributed by atoms with Crippen molar-refractivity contribution in [3.05, 3.63) is 35.8 Å². The van der Waals surface area contributed by atoms with Crippen LogP contribution in [0.25, 0.3) is 10.9 Å². The molecular weight excluding hydrogens is 298 g/mol. The quantitative estimate of drug-likeness (QED) is 0.841. The smallest absolute Gasteiger partial charge is 0.154 e. The maximum Gasteiger partial charge on any atom is 0.154 e. The molecular formula is C16H19N3O2S. The van der Waals surface area contributed by atoms with Crippen molar-refractivity contribution in [2.75, 3.05) is 18.8 Å². The second-order valence-electron chi connectivity index (χ2n) is 6.39. The fourth-order valence-electron chi connectivity index (χ4n) is 3.77. The Morgan fingerprint density at radius 2 is 2.05 bits per heavy atom. The lowest BCUT2D eigenvalue weighted by atomic mass is 10.1. The van der Waals surface area contributed by atoms with Crippen molar-refractivity contribution in [1.29, 1.82) is 0 Å². The number of aryl methyl sites for hydroxylation is 1. The molecule has 116 valence electrons. The Balaban J connectivity index is 1.58. The van der Waals surface area contributed by atoms with E-state index < -0.39 is 9.84 Å². The van der Waals surface area contributed by atoms with Crippen LogP contribution in [0.1, 0.15) is 17.9 Å². The minimum absolute atomic E-state index is 0.172. The highest BCUT2D eigenvalue weighted by Gasteiger charge is 2.46. The van der Waals surface area contributed by atoms with Crippen molar-refractivity contribution < 1.29 is 8.42 Å². The highest BCUT2D eigenvalue weighted by Crippen LogP contribution is 2.34. The Kier molecular flexibility index (Phi) is 3.20. The molecule has 0 radical (unpaired) electrons. The van der Waals surface area contributed by atoms with Crippen LogP contribution in [0.2, 0.25) is 0 Å². The molecule has 0 unspecified atom stereocenters. The van der Waals surface area contributed by atoms with Gasteiger partial charge >= 0.3 is 0 Å². The molecule has 3 heterocycles. The third-order valence-electron chi connectivity index (χ3n) is 4.90. The Morgan fingerprint density at radius 3 is 2.86 bits per heavy atom. The predicted octanol–water partition coefficient (Wildman–Crippen LogP) is 1.56. The molecule has 2 atom stereocenters. The third kappa shape index (κ3) is 2.30. The van der Waals surface area contributed by atoms with Crippen LogP contribution in [0.15, 0.2) is 24.3 Å². The summed E-state index contributed by atoms with van der Waals surface area (Å²) >= 11 is 0. The van der Waals surface area contributed by atoms with Gasteiger partial charge in [0.1, 0.15) is 5.82 Å². The van der Waals surface area contributed by atoms with E-state index in [9.17, 15) is 8.42 Å². The maximum absolute atomic E-state index is 12.0. The number of fused-ring (bicyclic) bond motifs is 2. The molecule has 0 aliphatic carbocycles. The summed E-state index contributed by atoms with van der Waals surface area (Å²) in [4.78, 5) is 11.4. The van der Waals surface area contributed by atoms with Gasteiger partial charge in [0.25, 0.3) is 0 Å². The number of hydrogen-bond acceptors (Lipinski definition) is 5. The van der Waals surface area contributed by atoms with E-state index in [1.54, 1.807) is 0 Å². The summed E-state index contributed by atoms with van der Waals surface area (Å²) in [5.74, 6) is 1.45. The Bertz CT molecular complexity index is 834. The van der Waals surface area contributed by atoms with Crippen molar-refractivity contribution >= 4 is 20.7 Å². The second-order valence-corrected chi connectivity index (χ2v) is 8.73. The molecule has 2 aliphatic heterocycles. The zero-order chi connectivity index (χ0) is 15.3. The van der Waals surface area contributed by atoms with Crippen LogP contribution < -0.4 is 0 Å². The first-order valence-corrected chi connectivity index (χ1v) is 9.41. The van der Waals surface area contributed by atoms with Crippen LogP contribution in [-0.2, 0) is 16.4 Å². The van der Waals surface area contributed by atoms with Gasteiger partial charge in [-0.25, -0.2) is 18.4 Å². The van der Waals surface area contributed by atoms with Gasteiger partial charge in [-0.3, -0.25) is 4.90 Å². The first kappa shape index (κ1) is 14.1. The highest BCUT2D eigenvalue weighted by molar-refractivity contribution is 7.92. The van der Waals surface area contributed by atoms with Gasteiger partial charge in [-0.1, -0.05) is 18.2 Å². The molecule has 22 heavy (non-hydrogen) atoms. The molecule has 0 bridgehead atoms. The minimum Gasteiger partial charge on any atom is -0.294 e. The molecule has 2 aliphatic rings. The van der Waals surface area contributed by atoms with Crippen molar-refractivity contribution in [3.8, 4) is 0 Å². The van der Waals surface area contributed by atoms with E-state index in [1.165, 1.54) is 0 Å². The molecule has 2 fully saturated rings. The standard InChI is InChI=1S/C16H19N3O2S/c1-11-13-4-2-3-5-14(13)18-16(17-11)10-19-8-12-6-7-22(20,21)15(12)9-19/h2-5,12,15H,6-10H2,1H3/t12-,15+/m0/s1. The minimum atomic E-state index is -2.87. The molecule has 6 heteroatoms. The SMILES string of the molecule is Cc1nc(CN2C[C@@H]3CCS(=O)(=O)[C@@H]3C2)nc2ccccc12. The van der Waals surface area contributed by atoms with Gasteiger partial charge < -0.3 is 0 Å². The molecule has 0 amide bonds. The summed E-state index contributed by atoms with van der Waals surface area (Å²) in [6.07, 6.45) is 0.807. The number of nitrogens with zero attached hydrogens (tertiary/aromatic N) is 3. The molecule has 0 spiro atoms. The zero-order valence-corrected chi connectivity index (χ0v) is 13.4. The Hall–Kier alpha value is -1.53. The van der Waals surface area contributed by atoms with E-state index in [1.807, 2.05) is 31.2 Å². The monoisotopic (exact) mass is 317 g/mol. The average Bonchev–Trinajstić information content (AvgIpc) is 3.00. The van der Waals surface area contributed by atoms with E-state index in [-0.39, 0.29) is 5.25 Å². The normalized spacial score (nSPS) is 27.3. The molecule has 0 saturated carbocycles.